The van der Waals surface area contributed by atoms with Crippen molar-refractivity contribution in [3.63, 3.8) is 0 Å². The van der Waals surface area contributed by atoms with Gasteiger partial charge < -0.3 is 9.80 Å². The Hall–Kier alpha value is -7.20. The molecular formula is C56H38N2S. The zero-order valence-corrected chi connectivity index (χ0v) is 33.3. The fourth-order valence-corrected chi connectivity index (χ4v) is 11.3. The number of hydrogen-bond acceptors (Lipinski definition) is 3. The number of hydrogen-bond donors (Lipinski definition) is 0. The highest BCUT2D eigenvalue weighted by atomic mass is 32.1. The van der Waals surface area contributed by atoms with Gasteiger partial charge >= 0.3 is 0 Å². The minimum absolute atomic E-state index is 0.515. The Balaban J connectivity index is 1.20. The molecule has 2 nitrogen and oxygen atoms in total. The van der Waals surface area contributed by atoms with Gasteiger partial charge in [-0.2, -0.15) is 0 Å². The van der Waals surface area contributed by atoms with E-state index in [1.165, 1.54) is 81.6 Å². The third kappa shape index (κ3) is 5.05. The van der Waals surface area contributed by atoms with Crippen LogP contribution in [0.4, 0.5) is 34.1 Å². The topological polar surface area (TPSA) is 6.48 Å². The molecule has 12 rings (SSSR count). The van der Waals surface area contributed by atoms with Gasteiger partial charge in [-0.3, -0.25) is 0 Å². The Bertz CT molecular complexity index is 3200. The number of aryl methyl sites for hydroxylation is 1. The lowest BCUT2D eigenvalue weighted by atomic mass is 9.67. The van der Waals surface area contributed by atoms with Gasteiger partial charge in [0.1, 0.15) is 0 Å². The van der Waals surface area contributed by atoms with Crippen LogP contribution in [0.25, 0.3) is 42.4 Å². The third-order valence-corrected chi connectivity index (χ3v) is 13.7. The Morgan fingerprint density at radius 1 is 0.373 bits per heavy atom. The molecule has 2 aliphatic rings. The molecule has 10 aromatic rings. The Morgan fingerprint density at radius 2 is 0.915 bits per heavy atom. The summed E-state index contributed by atoms with van der Waals surface area (Å²) in [5, 5.41) is 2.55. The van der Waals surface area contributed by atoms with Crippen molar-refractivity contribution >= 4 is 65.6 Å². The normalized spacial score (nSPS) is 13.6. The summed E-state index contributed by atoms with van der Waals surface area (Å²) in [5.74, 6) is 0. The predicted molar refractivity (Wildman–Crippen MR) is 250 cm³/mol. The maximum atomic E-state index is 2.52. The second-order valence-electron chi connectivity index (χ2n) is 15.8. The average molecular weight is 771 g/mol. The van der Waals surface area contributed by atoms with Crippen molar-refractivity contribution in [2.75, 3.05) is 9.80 Å². The molecule has 4 bridgehead atoms. The van der Waals surface area contributed by atoms with E-state index in [1.54, 1.807) is 0 Å². The van der Waals surface area contributed by atoms with Crippen LogP contribution < -0.4 is 9.80 Å². The Morgan fingerprint density at radius 3 is 1.54 bits per heavy atom. The molecule has 0 radical (unpaired) electrons. The molecule has 1 aliphatic carbocycles. The smallest absolute Gasteiger partial charge is 0.0714 e. The molecule has 0 saturated carbocycles. The number of thiophene rings is 1. The largest absolute Gasteiger partial charge is 0.309 e. The molecular weight excluding hydrogens is 733 g/mol. The zero-order valence-electron chi connectivity index (χ0n) is 32.5. The van der Waals surface area contributed by atoms with E-state index in [0.29, 0.717) is 0 Å². The molecule has 0 fully saturated rings. The monoisotopic (exact) mass is 770 g/mol. The molecule has 0 atom stereocenters. The van der Waals surface area contributed by atoms with Crippen LogP contribution >= 0.6 is 11.3 Å². The second kappa shape index (κ2) is 13.2. The van der Waals surface area contributed by atoms with E-state index in [2.05, 4.69) is 229 Å². The molecule has 2 heterocycles. The molecule has 1 aliphatic heterocycles. The average Bonchev–Trinajstić information content (AvgIpc) is 3.82. The van der Waals surface area contributed by atoms with Crippen LogP contribution in [0, 0.1) is 6.92 Å². The number of rotatable bonds is 5. The number of fused-ring (bicyclic) bond motifs is 6. The number of benzene rings is 9. The summed E-state index contributed by atoms with van der Waals surface area (Å²) < 4.78 is 2.55. The van der Waals surface area contributed by atoms with E-state index in [9.17, 15) is 0 Å². The summed E-state index contributed by atoms with van der Waals surface area (Å²) in [6.07, 6.45) is 0. The molecule has 0 spiro atoms. The molecule has 0 N–H and O–H groups in total. The van der Waals surface area contributed by atoms with Gasteiger partial charge in [0.05, 0.1) is 26.2 Å². The van der Waals surface area contributed by atoms with Crippen molar-refractivity contribution in [3.8, 4) is 22.3 Å². The summed E-state index contributed by atoms with van der Waals surface area (Å²) >= 11 is 1.90. The Kier molecular flexibility index (Phi) is 7.57. The zero-order chi connectivity index (χ0) is 39.1. The first-order valence-corrected chi connectivity index (χ1v) is 21.2. The van der Waals surface area contributed by atoms with Crippen molar-refractivity contribution in [2.24, 2.45) is 0 Å². The van der Waals surface area contributed by atoms with E-state index in [0.717, 1.165) is 22.7 Å². The van der Waals surface area contributed by atoms with Crippen LogP contribution in [0.2, 0.25) is 0 Å². The molecule has 3 heteroatoms. The highest BCUT2D eigenvalue weighted by Crippen LogP contribution is 2.58. The van der Waals surface area contributed by atoms with Crippen LogP contribution in [-0.2, 0) is 5.41 Å². The fraction of sp³-hybridized carbons (Fsp3) is 0.0357. The SMILES string of the molecule is Cc1cccc(N2c3cc(-c4ccccc4)cc(c3)N(c3ccc4c(c3)C(c3ccccc3)(c3ccccc3)c3ccccc3-4)c3cccc4c3sc3c2cccc34)c1. The molecule has 59 heavy (non-hydrogen) atoms. The van der Waals surface area contributed by atoms with Crippen molar-refractivity contribution in [3.05, 3.63) is 240 Å². The van der Waals surface area contributed by atoms with Crippen LogP contribution in [-0.4, -0.2) is 0 Å². The highest BCUT2D eigenvalue weighted by molar-refractivity contribution is 7.27. The Labute approximate surface area is 348 Å². The lowest BCUT2D eigenvalue weighted by molar-refractivity contribution is 0.768. The lowest BCUT2D eigenvalue weighted by Crippen LogP contribution is -2.28. The first-order valence-electron chi connectivity index (χ1n) is 20.3. The van der Waals surface area contributed by atoms with E-state index in [4.69, 9.17) is 0 Å². The minimum atomic E-state index is -0.515. The van der Waals surface area contributed by atoms with Gasteiger partial charge in [-0.15, -0.1) is 11.3 Å². The van der Waals surface area contributed by atoms with Crippen LogP contribution in [0.15, 0.2) is 212 Å². The van der Waals surface area contributed by atoms with Gasteiger partial charge in [0.2, 0.25) is 0 Å². The van der Waals surface area contributed by atoms with Gasteiger partial charge in [0, 0.05) is 33.5 Å². The first kappa shape index (κ1) is 33.9. The van der Waals surface area contributed by atoms with Gasteiger partial charge in [0.25, 0.3) is 0 Å². The fourth-order valence-electron chi connectivity index (χ4n) is 9.99. The van der Waals surface area contributed by atoms with Crippen LogP contribution in [0.5, 0.6) is 0 Å². The molecule has 278 valence electrons. The number of nitrogens with zero attached hydrogens (tertiary/aromatic N) is 2. The molecule has 9 aromatic carbocycles. The van der Waals surface area contributed by atoms with E-state index >= 15 is 0 Å². The van der Waals surface area contributed by atoms with Crippen LogP contribution in [0.3, 0.4) is 0 Å². The van der Waals surface area contributed by atoms with Gasteiger partial charge in [-0.1, -0.05) is 158 Å². The van der Waals surface area contributed by atoms with Crippen molar-refractivity contribution in [2.45, 2.75) is 12.3 Å². The maximum absolute atomic E-state index is 2.52. The minimum Gasteiger partial charge on any atom is -0.309 e. The molecule has 0 saturated heterocycles. The van der Waals surface area contributed by atoms with Crippen molar-refractivity contribution in [1.29, 1.82) is 0 Å². The van der Waals surface area contributed by atoms with Gasteiger partial charge in [0.15, 0.2) is 0 Å². The van der Waals surface area contributed by atoms with E-state index in [1.807, 2.05) is 11.3 Å². The van der Waals surface area contributed by atoms with E-state index in [-0.39, 0.29) is 0 Å². The molecule has 0 unspecified atom stereocenters. The van der Waals surface area contributed by atoms with Crippen molar-refractivity contribution in [1.82, 2.24) is 0 Å². The first-order chi connectivity index (χ1) is 29.2. The summed E-state index contributed by atoms with van der Waals surface area (Å²) in [7, 11) is 0. The maximum Gasteiger partial charge on any atom is 0.0714 e. The quantitative estimate of drug-likeness (QED) is 0.172. The summed E-state index contributed by atoms with van der Waals surface area (Å²) in [6, 6.07) is 79.0. The van der Waals surface area contributed by atoms with Gasteiger partial charge in [-0.05, 0) is 112 Å². The number of anilines is 6. The standard InChI is InChI=1S/C56H38N2S/c1-37-16-13-23-42(32-37)57-44-33-39(38-17-5-2-6-18-38)34-45(35-44)58(53-29-15-26-49-48-25-14-28-52(57)54(48)59-55(49)53)43-30-31-47-46-24-11-12-27-50(46)56(51(47)36-43,40-19-7-3-8-20-40)41-21-9-4-10-22-41/h2-36H,1H3. The van der Waals surface area contributed by atoms with E-state index < -0.39 is 5.41 Å². The highest BCUT2D eigenvalue weighted by Gasteiger charge is 2.46. The summed E-state index contributed by atoms with van der Waals surface area (Å²) in [4.78, 5) is 5.00. The summed E-state index contributed by atoms with van der Waals surface area (Å²) in [6.45, 7) is 2.18. The lowest BCUT2D eigenvalue weighted by Gasteiger charge is -2.35. The van der Waals surface area contributed by atoms with Crippen molar-refractivity contribution < 1.29 is 0 Å². The second-order valence-corrected chi connectivity index (χ2v) is 16.8. The molecule has 1 aromatic heterocycles. The molecule has 0 amide bonds. The third-order valence-electron chi connectivity index (χ3n) is 12.5. The van der Waals surface area contributed by atoms with Crippen LogP contribution in [0.1, 0.15) is 27.8 Å². The van der Waals surface area contributed by atoms with Gasteiger partial charge in [-0.25, -0.2) is 0 Å². The predicted octanol–water partition coefficient (Wildman–Crippen LogP) is 15.6. The summed E-state index contributed by atoms with van der Waals surface area (Å²) in [5.41, 5.74) is 17.6.